The zero-order valence-corrected chi connectivity index (χ0v) is 11.4. The molecule has 6 heteroatoms. The lowest BCUT2D eigenvalue weighted by molar-refractivity contribution is -0.138. The molecule has 2 aromatic rings. The fourth-order valence-electron chi connectivity index (χ4n) is 2.02. The third-order valence-corrected chi connectivity index (χ3v) is 2.86. The van der Waals surface area contributed by atoms with E-state index in [4.69, 9.17) is 4.74 Å². The predicted molar refractivity (Wildman–Crippen MR) is 68.9 cm³/mol. The van der Waals surface area contributed by atoms with Gasteiger partial charge in [-0.15, -0.1) is 0 Å². The van der Waals surface area contributed by atoms with Crippen molar-refractivity contribution >= 4 is 0 Å². The van der Waals surface area contributed by atoms with Crippen LogP contribution in [0.2, 0.25) is 0 Å². The van der Waals surface area contributed by atoms with Crippen LogP contribution in [0.3, 0.4) is 0 Å². The maximum absolute atomic E-state index is 12.9. The Balaban J connectivity index is 2.41. The monoisotopic (exact) mass is 284 g/mol. The molecule has 1 aromatic heterocycles. The minimum Gasteiger partial charge on any atom is -0.425 e. The average Bonchev–Trinajstić information content (AvgIpc) is 2.70. The van der Waals surface area contributed by atoms with Crippen molar-refractivity contribution in [2.24, 2.45) is 0 Å². The predicted octanol–water partition coefficient (Wildman–Crippen LogP) is 4.58. The van der Waals surface area contributed by atoms with Gasteiger partial charge >= 0.3 is 12.2 Å². The SMILES string of the molecule is Cc1cnc(Oc2ccccc2C(F)(F)F)n1C(C)C. The second kappa shape index (κ2) is 5.19. The second-order valence-corrected chi connectivity index (χ2v) is 4.74. The summed E-state index contributed by atoms with van der Waals surface area (Å²) in [5, 5.41) is 0. The summed E-state index contributed by atoms with van der Waals surface area (Å²) in [5.74, 6) is -0.243. The molecule has 0 amide bonds. The van der Waals surface area contributed by atoms with Gasteiger partial charge in [-0.25, -0.2) is 4.98 Å². The number of ether oxygens (including phenoxy) is 1. The van der Waals surface area contributed by atoms with E-state index in [1.54, 1.807) is 10.8 Å². The van der Waals surface area contributed by atoms with Gasteiger partial charge in [0.25, 0.3) is 0 Å². The number of para-hydroxylation sites is 1. The Bertz CT molecular complexity index is 603. The van der Waals surface area contributed by atoms with Crippen LogP contribution in [0.4, 0.5) is 13.2 Å². The normalized spacial score (nSPS) is 11.9. The summed E-state index contributed by atoms with van der Waals surface area (Å²) in [7, 11) is 0. The number of aryl methyl sites for hydroxylation is 1. The highest BCUT2D eigenvalue weighted by Crippen LogP contribution is 2.38. The molecular formula is C14H15F3N2O. The lowest BCUT2D eigenvalue weighted by atomic mass is 10.2. The van der Waals surface area contributed by atoms with Gasteiger partial charge in [0, 0.05) is 11.7 Å². The van der Waals surface area contributed by atoms with Crippen LogP contribution in [0.25, 0.3) is 0 Å². The number of nitrogens with zero attached hydrogens (tertiary/aromatic N) is 2. The van der Waals surface area contributed by atoms with E-state index in [0.29, 0.717) is 0 Å². The quantitative estimate of drug-likeness (QED) is 0.824. The standard InChI is InChI=1S/C14H15F3N2O/c1-9(2)19-10(3)8-18-13(19)20-12-7-5-4-6-11(12)14(15,16)17/h4-9H,1-3H3. The number of alkyl halides is 3. The number of halogens is 3. The van der Waals surface area contributed by atoms with E-state index in [0.717, 1.165) is 11.8 Å². The summed E-state index contributed by atoms with van der Waals surface area (Å²) in [6, 6.07) is 5.32. The van der Waals surface area contributed by atoms with Gasteiger partial charge in [0.1, 0.15) is 5.75 Å². The van der Waals surface area contributed by atoms with Gasteiger partial charge in [0.05, 0.1) is 11.8 Å². The van der Waals surface area contributed by atoms with Gasteiger partial charge in [0.15, 0.2) is 0 Å². The molecular weight excluding hydrogens is 269 g/mol. The summed E-state index contributed by atoms with van der Waals surface area (Å²) < 4.78 is 45.8. The lowest BCUT2D eigenvalue weighted by Gasteiger charge is -2.16. The minimum absolute atomic E-state index is 0.0468. The van der Waals surface area contributed by atoms with Crippen LogP contribution >= 0.6 is 0 Å². The highest BCUT2D eigenvalue weighted by molar-refractivity contribution is 5.37. The Morgan fingerprint density at radius 2 is 1.85 bits per heavy atom. The third-order valence-electron chi connectivity index (χ3n) is 2.86. The van der Waals surface area contributed by atoms with Gasteiger partial charge in [-0.1, -0.05) is 12.1 Å². The molecule has 0 aliphatic rings. The fourth-order valence-corrected chi connectivity index (χ4v) is 2.02. The van der Waals surface area contributed by atoms with E-state index >= 15 is 0 Å². The van der Waals surface area contributed by atoms with Crippen LogP contribution < -0.4 is 4.74 Å². The number of benzene rings is 1. The zero-order chi connectivity index (χ0) is 14.9. The van der Waals surface area contributed by atoms with Crippen LogP contribution in [0, 0.1) is 6.92 Å². The van der Waals surface area contributed by atoms with E-state index in [1.807, 2.05) is 20.8 Å². The van der Waals surface area contributed by atoms with E-state index in [9.17, 15) is 13.2 Å². The van der Waals surface area contributed by atoms with Crippen molar-refractivity contribution in [2.75, 3.05) is 0 Å². The first kappa shape index (κ1) is 14.4. The number of hydrogen-bond donors (Lipinski definition) is 0. The molecule has 0 unspecified atom stereocenters. The highest BCUT2D eigenvalue weighted by atomic mass is 19.4. The van der Waals surface area contributed by atoms with Crippen LogP contribution in [-0.4, -0.2) is 9.55 Å². The molecule has 0 N–H and O–H groups in total. The molecule has 0 bridgehead atoms. The number of rotatable bonds is 3. The number of imidazole rings is 1. The molecule has 0 atom stereocenters. The minimum atomic E-state index is -4.46. The molecule has 1 aromatic carbocycles. The number of aromatic nitrogens is 2. The summed E-state index contributed by atoms with van der Waals surface area (Å²) in [6.07, 6.45) is -2.88. The maximum Gasteiger partial charge on any atom is 0.419 e. The van der Waals surface area contributed by atoms with E-state index in [2.05, 4.69) is 4.98 Å². The van der Waals surface area contributed by atoms with E-state index in [1.165, 1.54) is 18.2 Å². The van der Waals surface area contributed by atoms with Gasteiger partial charge < -0.3 is 4.74 Å². The molecule has 0 radical (unpaired) electrons. The molecule has 0 saturated heterocycles. The topological polar surface area (TPSA) is 27.1 Å². The fraction of sp³-hybridized carbons (Fsp3) is 0.357. The first-order valence-electron chi connectivity index (χ1n) is 6.18. The molecule has 1 heterocycles. The Hall–Kier alpha value is -1.98. The summed E-state index contributed by atoms with van der Waals surface area (Å²) in [4.78, 5) is 4.03. The van der Waals surface area contributed by atoms with E-state index < -0.39 is 11.7 Å². The molecule has 0 fully saturated rings. The first-order chi connectivity index (χ1) is 9.30. The molecule has 20 heavy (non-hydrogen) atoms. The van der Waals surface area contributed by atoms with Crippen LogP contribution in [0.1, 0.15) is 31.1 Å². The highest BCUT2D eigenvalue weighted by Gasteiger charge is 2.34. The van der Waals surface area contributed by atoms with Gasteiger partial charge in [-0.3, -0.25) is 4.57 Å². The molecule has 2 rings (SSSR count). The lowest BCUT2D eigenvalue weighted by Crippen LogP contribution is -2.09. The molecule has 0 aliphatic heterocycles. The smallest absolute Gasteiger partial charge is 0.419 e. The van der Waals surface area contributed by atoms with Gasteiger partial charge in [-0.2, -0.15) is 13.2 Å². The Labute approximate surface area is 115 Å². The molecule has 0 spiro atoms. The zero-order valence-electron chi connectivity index (χ0n) is 11.4. The van der Waals surface area contributed by atoms with Crippen molar-refractivity contribution in [3.05, 3.63) is 41.7 Å². The summed E-state index contributed by atoms with van der Waals surface area (Å²) in [5.41, 5.74) is 0.0236. The first-order valence-corrected chi connectivity index (χ1v) is 6.18. The van der Waals surface area contributed by atoms with Gasteiger partial charge in [0.2, 0.25) is 0 Å². The molecule has 0 saturated carbocycles. The van der Waals surface area contributed by atoms with Crippen molar-refractivity contribution in [1.29, 1.82) is 0 Å². The number of hydrogen-bond acceptors (Lipinski definition) is 2. The second-order valence-electron chi connectivity index (χ2n) is 4.74. The Morgan fingerprint density at radius 3 is 2.45 bits per heavy atom. The van der Waals surface area contributed by atoms with Crippen molar-refractivity contribution in [3.8, 4) is 11.8 Å². The van der Waals surface area contributed by atoms with Crippen molar-refractivity contribution < 1.29 is 17.9 Å². The Kier molecular flexibility index (Phi) is 3.74. The van der Waals surface area contributed by atoms with Crippen LogP contribution in [-0.2, 0) is 6.18 Å². The van der Waals surface area contributed by atoms with Crippen LogP contribution in [0.5, 0.6) is 11.8 Å². The molecule has 0 aliphatic carbocycles. The van der Waals surface area contributed by atoms with Crippen LogP contribution in [0.15, 0.2) is 30.5 Å². The Morgan fingerprint density at radius 1 is 1.20 bits per heavy atom. The maximum atomic E-state index is 12.9. The van der Waals surface area contributed by atoms with Gasteiger partial charge in [-0.05, 0) is 32.9 Å². The largest absolute Gasteiger partial charge is 0.425 e. The molecule has 3 nitrogen and oxygen atoms in total. The average molecular weight is 284 g/mol. The van der Waals surface area contributed by atoms with Crippen molar-refractivity contribution in [1.82, 2.24) is 9.55 Å². The third kappa shape index (κ3) is 2.79. The molecule has 108 valence electrons. The van der Waals surface area contributed by atoms with Crippen molar-refractivity contribution in [3.63, 3.8) is 0 Å². The summed E-state index contributed by atoms with van der Waals surface area (Å²) >= 11 is 0. The van der Waals surface area contributed by atoms with E-state index in [-0.39, 0.29) is 17.8 Å². The van der Waals surface area contributed by atoms with Crippen molar-refractivity contribution in [2.45, 2.75) is 33.0 Å². The summed E-state index contributed by atoms with van der Waals surface area (Å²) in [6.45, 7) is 5.66.